The van der Waals surface area contributed by atoms with Gasteiger partial charge in [-0.25, -0.2) is 0 Å². The molecular formula is C18H19N5OS. The first-order valence-corrected chi connectivity index (χ1v) is 8.83. The summed E-state index contributed by atoms with van der Waals surface area (Å²) in [6.45, 7) is 3.98. The number of aromatic nitrogens is 4. The van der Waals surface area contributed by atoms with Crippen LogP contribution < -0.4 is 5.32 Å². The van der Waals surface area contributed by atoms with Crippen LogP contribution in [0.1, 0.15) is 11.1 Å². The van der Waals surface area contributed by atoms with Gasteiger partial charge in [0.25, 0.3) is 0 Å². The molecule has 0 aliphatic heterocycles. The molecule has 3 rings (SSSR count). The van der Waals surface area contributed by atoms with Gasteiger partial charge in [0.1, 0.15) is 0 Å². The molecule has 6 nitrogen and oxygen atoms in total. The zero-order valence-electron chi connectivity index (χ0n) is 14.4. The van der Waals surface area contributed by atoms with Gasteiger partial charge < -0.3 is 9.88 Å². The molecule has 2 heterocycles. The molecule has 0 atom stereocenters. The summed E-state index contributed by atoms with van der Waals surface area (Å²) in [4.78, 5) is 16.2. The zero-order chi connectivity index (χ0) is 17.8. The van der Waals surface area contributed by atoms with Crippen molar-refractivity contribution in [3.05, 3.63) is 53.9 Å². The molecule has 3 aromatic rings. The van der Waals surface area contributed by atoms with Crippen molar-refractivity contribution in [1.82, 2.24) is 19.7 Å². The molecule has 0 spiro atoms. The standard InChI is InChI=1S/C18H19N5OS/c1-12-4-5-13(2)15(10-12)20-16(24)11-25-18-22-21-17(23(18)3)14-6-8-19-9-7-14/h4-10H,11H2,1-3H3,(H,20,24). The highest BCUT2D eigenvalue weighted by Crippen LogP contribution is 2.22. The fraction of sp³-hybridized carbons (Fsp3) is 0.222. The van der Waals surface area contributed by atoms with Gasteiger partial charge in [0.15, 0.2) is 11.0 Å². The number of anilines is 1. The number of pyridine rings is 1. The molecule has 2 aromatic heterocycles. The fourth-order valence-corrected chi connectivity index (χ4v) is 3.09. The molecule has 0 saturated carbocycles. The SMILES string of the molecule is Cc1ccc(C)c(NC(=O)CSc2nnc(-c3ccncc3)n2C)c1. The van der Waals surface area contributed by atoms with E-state index in [0.717, 1.165) is 28.2 Å². The molecule has 0 aliphatic rings. The lowest BCUT2D eigenvalue weighted by molar-refractivity contribution is -0.113. The molecular weight excluding hydrogens is 334 g/mol. The minimum Gasteiger partial charge on any atom is -0.325 e. The van der Waals surface area contributed by atoms with E-state index in [2.05, 4.69) is 20.5 Å². The summed E-state index contributed by atoms with van der Waals surface area (Å²) >= 11 is 1.36. The summed E-state index contributed by atoms with van der Waals surface area (Å²) in [6, 6.07) is 9.76. The number of hydrogen-bond acceptors (Lipinski definition) is 5. The number of hydrogen-bond donors (Lipinski definition) is 1. The topological polar surface area (TPSA) is 72.7 Å². The van der Waals surface area contributed by atoms with E-state index in [1.54, 1.807) is 12.4 Å². The highest BCUT2D eigenvalue weighted by atomic mass is 32.2. The second kappa shape index (κ2) is 7.48. The highest BCUT2D eigenvalue weighted by Gasteiger charge is 2.13. The molecule has 0 aliphatic carbocycles. The number of aryl methyl sites for hydroxylation is 2. The maximum atomic E-state index is 12.2. The maximum absolute atomic E-state index is 12.2. The third kappa shape index (κ3) is 4.06. The van der Waals surface area contributed by atoms with Crippen LogP contribution in [0.4, 0.5) is 5.69 Å². The van der Waals surface area contributed by atoms with E-state index < -0.39 is 0 Å². The van der Waals surface area contributed by atoms with E-state index in [4.69, 9.17) is 0 Å². The van der Waals surface area contributed by atoms with E-state index >= 15 is 0 Å². The van der Waals surface area contributed by atoms with Gasteiger partial charge in [-0.05, 0) is 43.2 Å². The Balaban J connectivity index is 1.65. The fourth-order valence-electron chi connectivity index (χ4n) is 2.38. The summed E-state index contributed by atoms with van der Waals surface area (Å²) < 4.78 is 1.88. The van der Waals surface area contributed by atoms with Crippen molar-refractivity contribution < 1.29 is 4.79 Å². The van der Waals surface area contributed by atoms with Gasteiger partial charge in [-0.15, -0.1) is 10.2 Å². The van der Waals surface area contributed by atoms with Crippen molar-refractivity contribution in [3.8, 4) is 11.4 Å². The summed E-state index contributed by atoms with van der Waals surface area (Å²) in [6.07, 6.45) is 3.43. The van der Waals surface area contributed by atoms with Gasteiger partial charge in [-0.1, -0.05) is 23.9 Å². The molecule has 1 aromatic carbocycles. The second-order valence-electron chi connectivity index (χ2n) is 5.76. The molecule has 25 heavy (non-hydrogen) atoms. The third-order valence-corrected chi connectivity index (χ3v) is 4.79. The molecule has 1 N–H and O–H groups in total. The number of nitrogens with one attached hydrogen (secondary N) is 1. The minimum atomic E-state index is -0.0628. The van der Waals surface area contributed by atoms with E-state index in [1.165, 1.54) is 11.8 Å². The van der Waals surface area contributed by atoms with Crippen LogP contribution in [-0.2, 0) is 11.8 Å². The van der Waals surface area contributed by atoms with Crippen molar-refractivity contribution >= 4 is 23.4 Å². The number of benzene rings is 1. The Morgan fingerprint density at radius 1 is 1.16 bits per heavy atom. The lowest BCUT2D eigenvalue weighted by Gasteiger charge is -2.09. The Bertz CT molecular complexity index is 892. The van der Waals surface area contributed by atoms with Crippen molar-refractivity contribution in [2.75, 3.05) is 11.1 Å². The quantitative estimate of drug-likeness (QED) is 0.713. The second-order valence-corrected chi connectivity index (χ2v) is 6.70. The van der Waals surface area contributed by atoms with Crippen molar-refractivity contribution in [3.63, 3.8) is 0 Å². The van der Waals surface area contributed by atoms with Crippen LogP contribution in [0.5, 0.6) is 0 Å². The third-order valence-electron chi connectivity index (χ3n) is 3.77. The van der Waals surface area contributed by atoms with Gasteiger partial charge in [-0.3, -0.25) is 9.78 Å². The summed E-state index contributed by atoms with van der Waals surface area (Å²) in [5.41, 5.74) is 3.95. The Morgan fingerprint density at radius 3 is 2.68 bits per heavy atom. The lowest BCUT2D eigenvalue weighted by atomic mass is 10.1. The van der Waals surface area contributed by atoms with E-state index in [-0.39, 0.29) is 11.7 Å². The van der Waals surface area contributed by atoms with Gasteiger partial charge in [0.05, 0.1) is 5.75 Å². The van der Waals surface area contributed by atoms with E-state index in [1.807, 2.05) is 55.8 Å². The molecule has 0 saturated heterocycles. The van der Waals surface area contributed by atoms with E-state index in [0.29, 0.717) is 5.16 Å². The number of rotatable bonds is 5. The Labute approximate surface area is 150 Å². The van der Waals surface area contributed by atoms with Crippen LogP contribution in [-0.4, -0.2) is 31.4 Å². The smallest absolute Gasteiger partial charge is 0.234 e. The normalized spacial score (nSPS) is 10.7. The number of nitrogens with zero attached hydrogens (tertiary/aromatic N) is 4. The summed E-state index contributed by atoms with van der Waals surface area (Å²) in [5, 5.41) is 12.0. The van der Waals surface area contributed by atoms with Crippen molar-refractivity contribution in [2.45, 2.75) is 19.0 Å². The monoisotopic (exact) mass is 353 g/mol. The Morgan fingerprint density at radius 2 is 1.92 bits per heavy atom. The average Bonchev–Trinajstić information content (AvgIpc) is 2.98. The van der Waals surface area contributed by atoms with Crippen molar-refractivity contribution in [1.29, 1.82) is 0 Å². The lowest BCUT2D eigenvalue weighted by Crippen LogP contribution is -2.15. The van der Waals surface area contributed by atoms with Crippen LogP contribution in [0.2, 0.25) is 0 Å². The number of carbonyl (C=O) groups excluding carboxylic acids is 1. The number of amides is 1. The van der Waals surface area contributed by atoms with Crippen LogP contribution in [0.25, 0.3) is 11.4 Å². The highest BCUT2D eigenvalue weighted by molar-refractivity contribution is 7.99. The maximum Gasteiger partial charge on any atom is 0.234 e. The van der Waals surface area contributed by atoms with Gasteiger partial charge in [-0.2, -0.15) is 0 Å². The van der Waals surface area contributed by atoms with Crippen LogP contribution in [0, 0.1) is 13.8 Å². The van der Waals surface area contributed by atoms with Crippen LogP contribution >= 0.6 is 11.8 Å². The predicted molar refractivity (Wildman–Crippen MR) is 99.5 cm³/mol. The Kier molecular flexibility index (Phi) is 5.14. The number of thioether (sulfide) groups is 1. The van der Waals surface area contributed by atoms with E-state index in [9.17, 15) is 4.79 Å². The average molecular weight is 353 g/mol. The minimum absolute atomic E-state index is 0.0628. The Hall–Kier alpha value is -2.67. The predicted octanol–water partition coefficient (Wildman–Crippen LogP) is 3.22. The molecule has 0 bridgehead atoms. The van der Waals surface area contributed by atoms with Crippen molar-refractivity contribution in [2.24, 2.45) is 7.05 Å². The molecule has 1 amide bonds. The largest absolute Gasteiger partial charge is 0.325 e. The number of carbonyl (C=O) groups is 1. The molecule has 0 unspecified atom stereocenters. The first kappa shape index (κ1) is 17.2. The summed E-state index contributed by atoms with van der Waals surface area (Å²) in [5.74, 6) is 0.961. The van der Waals surface area contributed by atoms with Gasteiger partial charge in [0, 0.05) is 30.7 Å². The van der Waals surface area contributed by atoms with Crippen LogP contribution in [0.15, 0.2) is 47.9 Å². The molecule has 0 radical (unpaired) electrons. The first-order valence-electron chi connectivity index (χ1n) is 7.84. The summed E-state index contributed by atoms with van der Waals surface area (Å²) in [7, 11) is 1.89. The zero-order valence-corrected chi connectivity index (χ0v) is 15.2. The molecule has 128 valence electrons. The molecule has 0 fully saturated rings. The van der Waals surface area contributed by atoms with Gasteiger partial charge >= 0.3 is 0 Å². The van der Waals surface area contributed by atoms with Gasteiger partial charge in [0.2, 0.25) is 5.91 Å². The molecule has 7 heteroatoms. The first-order chi connectivity index (χ1) is 12.0. The van der Waals surface area contributed by atoms with Crippen LogP contribution in [0.3, 0.4) is 0 Å².